The van der Waals surface area contributed by atoms with Crippen LogP contribution in [-0.4, -0.2) is 34.6 Å². The Kier molecular flexibility index (Phi) is 5.90. The number of nitrogens with two attached hydrogens (primary N) is 1. The molecule has 2 aromatic rings. The van der Waals surface area contributed by atoms with E-state index in [0.29, 0.717) is 19.0 Å². The first kappa shape index (κ1) is 15.2. The lowest BCUT2D eigenvalue weighted by Crippen LogP contribution is -2.26. The molecule has 0 aromatic carbocycles. The molecule has 0 radical (unpaired) electrons. The maximum Gasteiger partial charge on any atom is 0.218 e. The minimum atomic E-state index is 0.585. The van der Waals surface area contributed by atoms with E-state index >= 15 is 0 Å². The summed E-state index contributed by atoms with van der Waals surface area (Å²) in [5.74, 6) is 1.43. The van der Waals surface area contributed by atoms with Crippen molar-refractivity contribution >= 4 is 5.82 Å². The summed E-state index contributed by atoms with van der Waals surface area (Å²) in [5.41, 5.74) is 6.76. The molecule has 112 valence electrons. The molecule has 0 saturated carbocycles. The minimum absolute atomic E-state index is 0.585. The van der Waals surface area contributed by atoms with Crippen LogP contribution in [-0.2, 0) is 6.54 Å². The predicted octanol–water partition coefficient (Wildman–Crippen LogP) is 1.63. The highest BCUT2D eigenvalue weighted by Crippen LogP contribution is 2.18. The minimum Gasteiger partial charge on any atom is -0.478 e. The fraction of sp³-hybridized carbons (Fsp3) is 0.400. The average molecular weight is 287 g/mol. The second-order valence-electron chi connectivity index (χ2n) is 4.57. The fourth-order valence-electron chi connectivity index (χ4n) is 2.00. The van der Waals surface area contributed by atoms with E-state index in [1.165, 1.54) is 6.33 Å². The molecule has 21 heavy (non-hydrogen) atoms. The first-order chi connectivity index (χ1) is 10.3. The van der Waals surface area contributed by atoms with Gasteiger partial charge in [-0.1, -0.05) is 6.07 Å². The Morgan fingerprint density at radius 2 is 2.24 bits per heavy atom. The molecule has 0 bridgehead atoms. The van der Waals surface area contributed by atoms with Crippen molar-refractivity contribution in [2.24, 2.45) is 5.73 Å². The zero-order valence-electron chi connectivity index (χ0n) is 12.3. The van der Waals surface area contributed by atoms with Gasteiger partial charge in [0.25, 0.3) is 0 Å². The summed E-state index contributed by atoms with van der Waals surface area (Å²) < 4.78 is 5.44. The number of nitrogens with zero attached hydrogens (tertiary/aromatic N) is 4. The zero-order valence-corrected chi connectivity index (χ0v) is 12.3. The summed E-state index contributed by atoms with van der Waals surface area (Å²) in [6, 6.07) is 5.84. The van der Waals surface area contributed by atoms with E-state index in [1.54, 1.807) is 6.20 Å². The monoisotopic (exact) mass is 287 g/mol. The molecule has 0 atom stereocenters. The number of hydrogen-bond donors (Lipinski definition) is 1. The highest BCUT2D eigenvalue weighted by Gasteiger charge is 2.10. The van der Waals surface area contributed by atoms with Crippen molar-refractivity contribution in [2.75, 3.05) is 24.6 Å². The van der Waals surface area contributed by atoms with E-state index in [0.717, 1.165) is 30.9 Å². The highest BCUT2D eigenvalue weighted by molar-refractivity contribution is 5.41. The van der Waals surface area contributed by atoms with Gasteiger partial charge in [-0.05, 0) is 31.5 Å². The van der Waals surface area contributed by atoms with Gasteiger partial charge in [-0.25, -0.2) is 9.97 Å². The van der Waals surface area contributed by atoms with Gasteiger partial charge in [0, 0.05) is 31.5 Å². The molecule has 2 rings (SSSR count). The van der Waals surface area contributed by atoms with E-state index in [-0.39, 0.29) is 0 Å². The van der Waals surface area contributed by atoms with Crippen LogP contribution in [0.15, 0.2) is 36.9 Å². The second-order valence-corrected chi connectivity index (χ2v) is 4.57. The molecular formula is C15H21N5O. The SMILES string of the molecule is CCOc1cc(N(CCCN)Cc2cccnc2)ncn1. The van der Waals surface area contributed by atoms with Crippen molar-refractivity contribution in [3.8, 4) is 5.88 Å². The van der Waals surface area contributed by atoms with E-state index in [2.05, 4.69) is 19.9 Å². The molecule has 6 nitrogen and oxygen atoms in total. The zero-order chi connectivity index (χ0) is 14.9. The van der Waals surface area contributed by atoms with Crippen LogP contribution in [0.25, 0.3) is 0 Å². The Morgan fingerprint density at radius 3 is 2.95 bits per heavy atom. The van der Waals surface area contributed by atoms with Crippen LogP contribution in [0.4, 0.5) is 5.82 Å². The van der Waals surface area contributed by atoms with Crippen LogP contribution in [0.5, 0.6) is 5.88 Å². The predicted molar refractivity (Wildman–Crippen MR) is 82.2 cm³/mol. The molecule has 0 aliphatic carbocycles. The van der Waals surface area contributed by atoms with Crippen LogP contribution in [0.2, 0.25) is 0 Å². The normalized spacial score (nSPS) is 10.4. The van der Waals surface area contributed by atoms with E-state index in [9.17, 15) is 0 Å². The quantitative estimate of drug-likeness (QED) is 0.795. The third-order valence-corrected chi connectivity index (χ3v) is 2.97. The number of ether oxygens (including phenoxy) is 1. The number of rotatable bonds is 8. The summed E-state index contributed by atoms with van der Waals surface area (Å²) >= 11 is 0. The van der Waals surface area contributed by atoms with Crippen molar-refractivity contribution in [3.63, 3.8) is 0 Å². The Hall–Kier alpha value is -2.21. The fourth-order valence-corrected chi connectivity index (χ4v) is 2.00. The van der Waals surface area contributed by atoms with Crippen molar-refractivity contribution in [1.29, 1.82) is 0 Å². The van der Waals surface area contributed by atoms with Crippen LogP contribution in [0.1, 0.15) is 18.9 Å². The van der Waals surface area contributed by atoms with Gasteiger partial charge in [-0.3, -0.25) is 4.98 Å². The molecule has 0 unspecified atom stereocenters. The van der Waals surface area contributed by atoms with Gasteiger partial charge in [0.2, 0.25) is 5.88 Å². The first-order valence-corrected chi connectivity index (χ1v) is 7.12. The molecule has 2 N–H and O–H groups in total. The van der Waals surface area contributed by atoms with Crippen LogP contribution >= 0.6 is 0 Å². The number of anilines is 1. The van der Waals surface area contributed by atoms with Crippen molar-refractivity contribution in [1.82, 2.24) is 15.0 Å². The Bertz CT molecular complexity index is 535. The molecule has 0 fully saturated rings. The Labute approximate surface area is 125 Å². The number of hydrogen-bond acceptors (Lipinski definition) is 6. The van der Waals surface area contributed by atoms with Gasteiger partial charge in [0.1, 0.15) is 12.1 Å². The van der Waals surface area contributed by atoms with Gasteiger partial charge in [-0.15, -0.1) is 0 Å². The third-order valence-electron chi connectivity index (χ3n) is 2.97. The van der Waals surface area contributed by atoms with Crippen LogP contribution in [0.3, 0.4) is 0 Å². The number of aromatic nitrogens is 3. The van der Waals surface area contributed by atoms with E-state index in [1.807, 2.05) is 31.3 Å². The van der Waals surface area contributed by atoms with Gasteiger partial charge < -0.3 is 15.4 Å². The molecule has 0 aliphatic rings. The topological polar surface area (TPSA) is 77.2 Å². The summed E-state index contributed by atoms with van der Waals surface area (Å²) in [6.07, 6.45) is 6.05. The first-order valence-electron chi connectivity index (χ1n) is 7.12. The molecule has 2 aromatic heterocycles. The lowest BCUT2D eigenvalue weighted by atomic mass is 10.2. The second kappa shape index (κ2) is 8.16. The van der Waals surface area contributed by atoms with E-state index in [4.69, 9.17) is 10.5 Å². The molecular weight excluding hydrogens is 266 g/mol. The van der Waals surface area contributed by atoms with Gasteiger partial charge >= 0.3 is 0 Å². The highest BCUT2D eigenvalue weighted by atomic mass is 16.5. The van der Waals surface area contributed by atoms with E-state index < -0.39 is 0 Å². The standard InChI is InChI=1S/C15H21N5O/c1-2-21-15-9-14(18-12-19-15)20(8-4-6-16)11-13-5-3-7-17-10-13/h3,5,7,9-10,12H,2,4,6,8,11,16H2,1H3. The lowest BCUT2D eigenvalue weighted by molar-refractivity contribution is 0.326. The summed E-state index contributed by atoms with van der Waals surface area (Å²) in [4.78, 5) is 14.8. The molecule has 2 heterocycles. The Morgan fingerprint density at radius 1 is 1.33 bits per heavy atom. The largest absolute Gasteiger partial charge is 0.478 e. The lowest BCUT2D eigenvalue weighted by Gasteiger charge is -2.23. The Balaban J connectivity index is 2.16. The van der Waals surface area contributed by atoms with Crippen LogP contribution in [0, 0.1) is 0 Å². The van der Waals surface area contributed by atoms with Gasteiger partial charge in [0.15, 0.2) is 0 Å². The molecule has 0 amide bonds. The number of pyridine rings is 1. The summed E-state index contributed by atoms with van der Waals surface area (Å²) in [6.45, 7) is 4.73. The van der Waals surface area contributed by atoms with Gasteiger partial charge in [0.05, 0.1) is 6.61 Å². The average Bonchev–Trinajstić information content (AvgIpc) is 2.53. The summed E-state index contributed by atoms with van der Waals surface area (Å²) in [5, 5.41) is 0. The maximum absolute atomic E-state index is 5.63. The molecule has 0 saturated heterocycles. The molecule has 0 aliphatic heterocycles. The van der Waals surface area contributed by atoms with Gasteiger partial charge in [-0.2, -0.15) is 0 Å². The molecule has 0 spiro atoms. The third kappa shape index (κ3) is 4.68. The molecule has 6 heteroatoms. The maximum atomic E-state index is 5.63. The van der Waals surface area contributed by atoms with Crippen LogP contribution < -0.4 is 15.4 Å². The van der Waals surface area contributed by atoms with Crippen molar-refractivity contribution in [2.45, 2.75) is 19.9 Å². The summed E-state index contributed by atoms with van der Waals surface area (Å²) in [7, 11) is 0. The van der Waals surface area contributed by atoms with Crippen molar-refractivity contribution in [3.05, 3.63) is 42.5 Å². The van der Waals surface area contributed by atoms with Crippen molar-refractivity contribution < 1.29 is 4.74 Å². The smallest absolute Gasteiger partial charge is 0.218 e.